The molecule has 0 saturated carbocycles. The summed E-state index contributed by atoms with van der Waals surface area (Å²) in [6.07, 6.45) is -3.41. The lowest BCUT2D eigenvalue weighted by Gasteiger charge is -2.13. The van der Waals surface area contributed by atoms with Crippen LogP contribution in [0.3, 0.4) is 0 Å². The van der Waals surface area contributed by atoms with Crippen molar-refractivity contribution in [2.45, 2.75) is 12.2 Å². The number of aromatic nitrogens is 1. The number of H-pyrrole nitrogens is 1. The van der Waals surface area contributed by atoms with Crippen molar-refractivity contribution < 1.29 is 20.1 Å². The molecule has 0 aliphatic carbocycles. The summed E-state index contributed by atoms with van der Waals surface area (Å²) in [5.74, 6) is -1.50. The predicted octanol–water partition coefficient (Wildman–Crippen LogP) is 0.0685. The number of carboxylic acids is 1. The smallest absolute Gasteiger partial charge is 0.335 e. The number of aliphatic hydroxyl groups excluding tert-OH is 2. The maximum atomic E-state index is 11.1. The number of aliphatic hydroxyl groups is 2. The number of carboxylic acid groups (broad SMARTS) is 1. The van der Waals surface area contributed by atoms with Gasteiger partial charge in [-0.2, -0.15) is 0 Å². The second-order valence-electron chi connectivity index (χ2n) is 3.50. The van der Waals surface area contributed by atoms with E-state index in [4.69, 9.17) is 5.11 Å². The van der Waals surface area contributed by atoms with Gasteiger partial charge in [0.1, 0.15) is 6.10 Å². The number of carbonyl (C=O) groups is 1. The molecule has 2 rings (SSSR count). The molecule has 0 aliphatic rings. The van der Waals surface area contributed by atoms with Gasteiger partial charge in [-0.05, 0) is 17.7 Å². The molecule has 0 bridgehead atoms. The quantitative estimate of drug-likeness (QED) is 0.620. The highest BCUT2D eigenvalue weighted by molar-refractivity contribution is 7.16. The summed E-state index contributed by atoms with van der Waals surface area (Å²) in [6, 6.07) is 4.50. The zero-order valence-electron chi connectivity index (χ0n) is 8.45. The molecule has 2 aromatic rings. The Morgan fingerprint density at radius 3 is 2.71 bits per heavy atom. The van der Waals surface area contributed by atoms with Gasteiger partial charge in [0.05, 0.1) is 10.2 Å². The number of thiazole rings is 1. The minimum Gasteiger partial charge on any atom is -0.479 e. The van der Waals surface area contributed by atoms with E-state index >= 15 is 0 Å². The maximum Gasteiger partial charge on any atom is 0.335 e. The van der Waals surface area contributed by atoms with Gasteiger partial charge >= 0.3 is 10.8 Å². The summed E-state index contributed by atoms with van der Waals surface area (Å²) in [6.45, 7) is 0. The first-order valence-electron chi connectivity index (χ1n) is 4.71. The summed E-state index contributed by atoms with van der Waals surface area (Å²) in [5, 5.41) is 27.4. The van der Waals surface area contributed by atoms with Crippen molar-refractivity contribution in [3.05, 3.63) is 33.4 Å². The highest BCUT2D eigenvalue weighted by Crippen LogP contribution is 2.23. The van der Waals surface area contributed by atoms with Crippen molar-refractivity contribution in [3.8, 4) is 0 Å². The van der Waals surface area contributed by atoms with Gasteiger partial charge in [-0.25, -0.2) is 4.79 Å². The summed E-state index contributed by atoms with van der Waals surface area (Å²) in [7, 11) is 0. The Labute approximate surface area is 98.8 Å². The number of aliphatic carboxylic acids is 1. The Morgan fingerprint density at radius 1 is 1.35 bits per heavy atom. The second kappa shape index (κ2) is 4.28. The third-order valence-electron chi connectivity index (χ3n) is 2.34. The lowest BCUT2D eigenvalue weighted by atomic mass is 10.0. The summed E-state index contributed by atoms with van der Waals surface area (Å²) >= 11 is 0.953. The van der Waals surface area contributed by atoms with Crippen LogP contribution < -0.4 is 4.87 Å². The van der Waals surface area contributed by atoms with Gasteiger partial charge < -0.3 is 20.3 Å². The van der Waals surface area contributed by atoms with Gasteiger partial charge in [0.25, 0.3) is 0 Å². The minimum absolute atomic E-state index is 0.231. The highest BCUT2D eigenvalue weighted by Gasteiger charge is 2.25. The average Bonchev–Trinajstić information content (AvgIpc) is 2.65. The van der Waals surface area contributed by atoms with Crippen LogP contribution in [0.2, 0.25) is 0 Å². The Morgan fingerprint density at radius 2 is 2.06 bits per heavy atom. The fraction of sp³-hybridized carbons (Fsp3) is 0.200. The number of aromatic amines is 1. The van der Waals surface area contributed by atoms with E-state index in [0.29, 0.717) is 10.2 Å². The lowest BCUT2D eigenvalue weighted by Crippen LogP contribution is -2.27. The molecule has 1 aromatic heterocycles. The number of nitrogens with one attached hydrogen (secondary N) is 1. The van der Waals surface area contributed by atoms with Crippen molar-refractivity contribution in [3.63, 3.8) is 0 Å². The summed E-state index contributed by atoms with van der Waals surface area (Å²) in [5.41, 5.74) is 0.864. The monoisotopic (exact) mass is 255 g/mol. The molecule has 0 radical (unpaired) electrons. The molecule has 90 valence electrons. The van der Waals surface area contributed by atoms with Crippen molar-refractivity contribution in [2.24, 2.45) is 0 Å². The number of hydrogen-bond acceptors (Lipinski definition) is 5. The van der Waals surface area contributed by atoms with E-state index in [2.05, 4.69) is 4.98 Å². The summed E-state index contributed by atoms with van der Waals surface area (Å²) in [4.78, 5) is 23.9. The Hall–Kier alpha value is -1.70. The van der Waals surface area contributed by atoms with E-state index in [-0.39, 0.29) is 10.4 Å². The predicted molar refractivity (Wildman–Crippen MR) is 61.0 cm³/mol. The lowest BCUT2D eigenvalue weighted by molar-refractivity contribution is -0.153. The number of benzene rings is 1. The summed E-state index contributed by atoms with van der Waals surface area (Å²) < 4.78 is 0.601. The van der Waals surface area contributed by atoms with Crippen LogP contribution in [0.5, 0.6) is 0 Å². The average molecular weight is 255 g/mol. The van der Waals surface area contributed by atoms with Gasteiger partial charge in [0, 0.05) is 0 Å². The van der Waals surface area contributed by atoms with Crippen LogP contribution in [0, 0.1) is 0 Å². The van der Waals surface area contributed by atoms with Gasteiger partial charge in [0.2, 0.25) is 0 Å². The molecule has 0 fully saturated rings. The zero-order chi connectivity index (χ0) is 12.6. The van der Waals surface area contributed by atoms with Gasteiger partial charge in [-0.3, -0.25) is 4.79 Å². The van der Waals surface area contributed by atoms with Crippen LogP contribution in [0.4, 0.5) is 0 Å². The highest BCUT2D eigenvalue weighted by atomic mass is 32.1. The Bertz CT molecular complexity index is 616. The third kappa shape index (κ3) is 2.21. The molecule has 17 heavy (non-hydrogen) atoms. The van der Waals surface area contributed by atoms with E-state index in [1.54, 1.807) is 6.07 Å². The van der Waals surface area contributed by atoms with Crippen molar-refractivity contribution >= 4 is 27.5 Å². The number of rotatable bonds is 3. The van der Waals surface area contributed by atoms with E-state index < -0.39 is 18.2 Å². The van der Waals surface area contributed by atoms with Crippen LogP contribution in [-0.4, -0.2) is 32.4 Å². The molecule has 0 aliphatic heterocycles. The molecule has 4 N–H and O–H groups in total. The Kier molecular flexibility index (Phi) is 2.97. The molecule has 2 unspecified atom stereocenters. The van der Waals surface area contributed by atoms with Crippen LogP contribution in [0.15, 0.2) is 23.0 Å². The van der Waals surface area contributed by atoms with Crippen molar-refractivity contribution in [1.82, 2.24) is 4.98 Å². The van der Waals surface area contributed by atoms with Gasteiger partial charge in [-0.15, -0.1) is 0 Å². The molecule has 0 spiro atoms. The SMILES string of the molecule is O=C(O)C(O)C(O)c1ccc2[nH]c(=O)sc2c1. The molecule has 7 heteroatoms. The molecule has 0 saturated heterocycles. The van der Waals surface area contributed by atoms with Crippen molar-refractivity contribution in [1.29, 1.82) is 0 Å². The fourth-order valence-corrected chi connectivity index (χ4v) is 2.25. The maximum absolute atomic E-state index is 11.1. The first-order valence-corrected chi connectivity index (χ1v) is 5.52. The minimum atomic E-state index is -1.89. The van der Waals surface area contributed by atoms with E-state index in [9.17, 15) is 19.8 Å². The molecule has 0 amide bonds. The zero-order valence-corrected chi connectivity index (χ0v) is 9.27. The largest absolute Gasteiger partial charge is 0.479 e. The van der Waals surface area contributed by atoms with Gasteiger partial charge in [0.15, 0.2) is 6.10 Å². The van der Waals surface area contributed by atoms with Crippen molar-refractivity contribution in [2.75, 3.05) is 0 Å². The van der Waals surface area contributed by atoms with Crippen LogP contribution in [0.25, 0.3) is 10.2 Å². The topological polar surface area (TPSA) is 111 Å². The molecule has 1 aromatic carbocycles. The number of fused-ring (bicyclic) bond motifs is 1. The second-order valence-corrected chi connectivity index (χ2v) is 4.51. The molecule has 2 atom stereocenters. The first-order chi connectivity index (χ1) is 7.99. The van der Waals surface area contributed by atoms with Crippen LogP contribution in [0.1, 0.15) is 11.7 Å². The van der Waals surface area contributed by atoms with Crippen LogP contribution in [-0.2, 0) is 4.79 Å². The van der Waals surface area contributed by atoms with E-state index in [0.717, 1.165) is 11.3 Å². The molecular weight excluding hydrogens is 246 g/mol. The van der Waals surface area contributed by atoms with E-state index in [1.807, 2.05) is 0 Å². The Balaban J connectivity index is 2.42. The molecule has 1 heterocycles. The van der Waals surface area contributed by atoms with Gasteiger partial charge in [-0.1, -0.05) is 17.4 Å². The van der Waals surface area contributed by atoms with Crippen LogP contribution >= 0.6 is 11.3 Å². The molecule has 6 nitrogen and oxygen atoms in total. The first kappa shape index (κ1) is 11.8. The molecular formula is C10H9NO5S. The standard InChI is InChI=1S/C10H9NO5S/c12-7(8(13)9(14)15)4-1-2-5-6(3-4)17-10(16)11-5/h1-3,7-8,12-13H,(H,11,16)(H,14,15). The van der Waals surface area contributed by atoms with E-state index in [1.165, 1.54) is 12.1 Å². The fourth-order valence-electron chi connectivity index (χ4n) is 1.46. The normalized spacial score (nSPS) is 14.7. The third-order valence-corrected chi connectivity index (χ3v) is 3.18. The number of hydrogen-bond donors (Lipinski definition) is 4.